The number of aromatic nitrogens is 4. The normalized spacial score (nSPS) is 19.7. The molecule has 0 aliphatic carbocycles. The molecule has 0 bridgehead atoms. The lowest BCUT2D eigenvalue weighted by Gasteiger charge is -2.23. The van der Waals surface area contributed by atoms with Crippen LogP contribution >= 0.6 is 0 Å². The Balaban J connectivity index is 1.71. The van der Waals surface area contributed by atoms with Crippen molar-refractivity contribution in [3.8, 4) is 0 Å². The molecular formula is C13H18N6. The molecule has 1 saturated heterocycles. The Morgan fingerprint density at radius 2 is 2.26 bits per heavy atom. The minimum atomic E-state index is 0.437. The molecule has 0 saturated carbocycles. The van der Waals surface area contributed by atoms with Crippen LogP contribution in [0.1, 0.15) is 30.1 Å². The summed E-state index contributed by atoms with van der Waals surface area (Å²) in [6.07, 6.45) is 8.00. The van der Waals surface area contributed by atoms with Crippen LogP contribution in [0, 0.1) is 0 Å². The molecular weight excluding hydrogens is 240 g/mol. The van der Waals surface area contributed by atoms with Crippen molar-refractivity contribution < 1.29 is 0 Å². The highest BCUT2D eigenvalue weighted by atomic mass is 15.2. The Morgan fingerprint density at radius 1 is 1.42 bits per heavy atom. The molecule has 0 spiro atoms. The zero-order valence-corrected chi connectivity index (χ0v) is 11.0. The summed E-state index contributed by atoms with van der Waals surface area (Å²) >= 11 is 0. The van der Waals surface area contributed by atoms with Gasteiger partial charge in [0, 0.05) is 37.7 Å². The van der Waals surface area contributed by atoms with Crippen LogP contribution in [0.2, 0.25) is 0 Å². The Kier molecular flexibility index (Phi) is 3.41. The van der Waals surface area contributed by atoms with Crippen molar-refractivity contribution in [2.75, 3.05) is 18.9 Å². The van der Waals surface area contributed by atoms with Crippen molar-refractivity contribution in [1.29, 1.82) is 0 Å². The van der Waals surface area contributed by atoms with Crippen molar-refractivity contribution in [3.05, 3.63) is 35.9 Å². The topological polar surface area (TPSA) is 69.7 Å². The Labute approximate surface area is 112 Å². The minimum Gasteiger partial charge on any atom is -0.357 e. The van der Waals surface area contributed by atoms with Gasteiger partial charge in [0.2, 0.25) is 5.95 Å². The van der Waals surface area contributed by atoms with Gasteiger partial charge in [-0.25, -0.2) is 9.97 Å². The van der Waals surface area contributed by atoms with Crippen LogP contribution in [-0.4, -0.2) is 38.7 Å². The Hall–Kier alpha value is -1.95. The zero-order chi connectivity index (χ0) is 13.1. The van der Waals surface area contributed by atoms with E-state index in [9.17, 15) is 0 Å². The number of nitrogens with one attached hydrogen (secondary N) is 2. The first-order chi connectivity index (χ1) is 9.36. The molecule has 0 aromatic carbocycles. The molecule has 2 aromatic rings. The van der Waals surface area contributed by atoms with Crippen LogP contribution in [0.25, 0.3) is 0 Å². The average Bonchev–Trinajstić information content (AvgIpc) is 3.10. The van der Waals surface area contributed by atoms with Crippen LogP contribution in [-0.2, 0) is 6.54 Å². The largest absolute Gasteiger partial charge is 0.357 e. The van der Waals surface area contributed by atoms with E-state index in [0.717, 1.165) is 18.7 Å². The zero-order valence-electron chi connectivity index (χ0n) is 11.0. The third kappa shape index (κ3) is 2.58. The molecule has 3 rings (SSSR count). The van der Waals surface area contributed by atoms with Crippen molar-refractivity contribution in [1.82, 2.24) is 25.1 Å². The molecule has 100 valence electrons. The third-order valence-electron chi connectivity index (χ3n) is 3.56. The van der Waals surface area contributed by atoms with Crippen LogP contribution in [0.4, 0.5) is 5.95 Å². The molecule has 2 N–H and O–H groups in total. The van der Waals surface area contributed by atoms with E-state index in [-0.39, 0.29) is 0 Å². The van der Waals surface area contributed by atoms with Gasteiger partial charge < -0.3 is 5.32 Å². The SMILES string of the molecule is CNc1ncc(CN2CCC[C@H]2c2ccn[nH]2)cn1. The van der Waals surface area contributed by atoms with Crippen LogP contribution < -0.4 is 5.32 Å². The van der Waals surface area contributed by atoms with Crippen LogP contribution in [0.3, 0.4) is 0 Å². The van der Waals surface area contributed by atoms with Gasteiger partial charge in [0.1, 0.15) is 0 Å². The Bertz CT molecular complexity index is 506. The summed E-state index contributed by atoms with van der Waals surface area (Å²) in [6, 6.07) is 2.50. The maximum absolute atomic E-state index is 4.26. The second-order valence-electron chi connectivity index (χ2n) is 4.81. The fraction of sp³-hybridized carbons (Fsp3) is 0.462. The summed E-state index contributed by atoms with van der Waals surface area (Å²) in [7, 11) is 1.82. The van der Waals surface area contributed by atoms with E-state index in [1.807, 2.05) is 25.6 Å². The summed E-state index contributed by atoms with van der Waals surface area (Å²) in [5.74, 6) is 0.662. The molecule has 0 unspecified atom stereocenters. The van der Waals surface area contributed by atoms with Crippen LogP contribution in [0.5, 0.6) is 0 Å². The molecule has 1 fully saturated rings. The van der Waals surface area contributed by atoms with Gasteiger partial charge in [0.25, 0.3) is 0 Å². The third-order valence-corrected chi connectivity index (χ3v) is 3.56. The number of anilines is 1. The lowest BCUT2D eigenvalue weighted by Crippen LogP contribution is -2.23. The molecule has 2 aromatic heterocycles. The van der Waals surface area contributed by atoms with Gasteiger partial charge in [0.15, 0.2) is 0 Å². The lowest BCUT2D eigenvalue weighted by atomic mass is 10.1. The predicted octanol–water partition coefficient (Wildman–Crippen LogP) is 1.58. The van der Waals surface area contributed by atoms with Crippen molar-refractivity contribution in [2.24, 2.45) is 0 Å². The highest BCUT2D eigenvalue weighted by Gasteiger charge is 2.26. The van der Waals surface area contributed by atoms with E-state index in [0.29, 0.717) is 12.0 Å². The maximum Gasteiger partial charge on any atom is 0.222 e. The summed E-state index contributed by atoms with van der Waals surface area (Å²) < 4.78 is 0. The van der Waals surface area contributed by atoms with Gasteiger partial charge in [-0.05, 0) is 25.5 Å². The quantitative estimate of drug-likeness (QED) is 0.871. The van der Waals surface area contributed by atoms with E-state index in [1.165, 1.54) is 18.5 Å². The van der Waals surface area contributed by atoms with Gasteiger partial charge >= 0.3 is 0 Å². The second-order valence-corrected chi connectivity index (χ2v) is 4.81. The molecule has 3 heterocycles. The first-order valence-corrected chi connectivity index (χ1v) is 6.59. The summed E-state index contributed by atoms with van der Waals surface area (Å²) in [6.45, 7) is 1.99. The number of hydrogen-bond acceptors (Lipinski definition) is 5. The molecule has 6 nitrogen and oxygen atoms in total. The maximum atomic E-state index is 4.26. The molecule has 1 aliphatic rings. The Morgan fingerprint density at radius 3 is 2.95 bits per heavy atom. The molecule has 1 aliphatic heterocycles. The van der Waals surface area contributed by atoms with E-state index >= 15 is 0 Å². The molecule has 19 heavy (non-hydrogen) atoms. The molecule has 0 amide bonds. The fourth-order valence-corrected chi connectivity index (χ4v) is 2.62. The van der Waals surface area contributed by atoms with Gasteiger partial charge in [0.05, 0.1) is 11.7 Å². The first-order valence-electron chi connectivity index (χ1n) is 6.59. The first kappa shape index (κ1) is 12.1. The van der Waals surface area contributed by atoms with E-state index in [4.69, 9.17) is 0 Å². The number of nitrogens with zero attached hydrogens (tertiary/aromatic N) is 4. The van der Waals surface area contributed by atoms with Crippen molar-refractivity contribution in [3.63, 3.8) is 0 Å². The highest BCUT2D eigenvalue weighted by Crippen LogP contribution is 2.31. The lowest BCUT2D eigenvalue weighted by molar-refractivity contribution is 0.244. The fourth-order valence-electron chi connectivity index (χ4n) is 2.62. The highest BCUT2D eigenvalue weighted by molar-refractivity contribution is 5.23. The average molecular weight is 258 g/mol. The van der Waals surface area contributed by atoms with Gasteiger partial charge in [-0.2, -0.15) is 5.10 Å². The smallest absolute Gasteiger partial charge is 0.222 e. The summed E-state index contributed by atoms with van der Waals surface area (Å²) in [4.78, 5) is 11.0. The van der Waals surface area contributed by atoms with Gasteiger partial charge in [-0.3, -0.25) is 10.00 Å². The van der Waals surface area contributed by atoms with Gasteiger partial charge in [-0.15, -0.1) is 0 Å². The molecule has 0 radical (unpaired) electrons. The molecule has 1 atom stereocenters. The second kappa shape index (κ2) is 5.36. The van der Waals surface area contributed by atoms with E-state index in [2.05, 4.69) is 36.4 Å². The number of rotatable bonds is 4. The number of H-pyrrole nitrogens is 1. The van der Waals surface area contributed by atoms with Crippen molar-refractivity contribution >= 4 is 5.95 Å². The van der Waals surface area contributed by atoms with E-state index < -0.39 is 0 Å². The standard InChI is InChI=1S/C13H18N6/c1-14-13-15-7-10(8-16-13)9-19-6-2-3-12(19)11-4-5-17-18-11/h4-5,7-8,12H,2-3,6,9H2,1H3,(H,17,18)(H,14,15,16)/t12-/m0/s1. The summed E-state index contributed by atoms with van der Waals surface area (Å²) in [5.41, 5.74) is 2.34. The van der Waals surface area contributed by atoms with Crippen molar-refractivity contribution in [2.45, 2.75) is 25.4 Å². The van der Waals surface area contributed by atoms with Crippen LogP contribution in [0.15, 0.2) is 24.7 Å². The number of aromatic amines is 1. The monoisotopic (exact) mass is 258 g/mol. The number of hydrogen-bond donors (Lipinski definition) is 2. The minimum absolute atomic E-state index is 0.437. The van der Waals surface area contributed by atoms with E-state index in [1.54, 1.807) is 0 Å². The van der Waals surface area contributed by atoms with Gasteiger partial charge in [-0.1, -0.05) is 0 Å². The predicted molar refractivity (Wildman–Crippen MR) is 72.6 cm³/mol. The number of likely N-dealkylation sites (tertiary alicyclic amines) is 1. The summed E-state index contributed by atoms with van der Waals surface area (Å²) in [5, 5.41) is 10.1. The molecule has 6 heteroatoms.